The number of hydrogen-bond donors (Lipinski definition) is 1. The number of thiazole rings is 1. The highest BCUT2D eigenvalue weighted by Crippen LogP contribution is 2.15. The largest absolute Gasteiger partial charge is 0.316 e. The standard InChI is InChI=1S/C12H19N3S2/c1-9(2)17-8-11(13-3)6-10-7-15-4-5-16-12(15)14-10/h4-5,7,9,11,13H,6,8H2,1-3H3. The van der Waals surface area contributed by atoms with E-state index in [1.54, 1.807) is 11.3 Å². The first kappa shape index (κ1) is 12.9. The van der Waals surface area contributed by atoms with Crippen LogP contribution >= 0.6 is 23.1 Å². The Hall–Kier alpha value is -0.520. The molecule has 0 bridgehead atoms. The van der Waals surface area contributed by atoms with E-state index < -0.39 is 0 Å². The lowest BCUT2D eigenvalue weighted by Crippen LogP contribution is -2.30. The summed E-state index contributed by atoms with van der Waals surface area (Å²) in [6, 6.07) is 0.506. The summed E-state index contributed by atoms with van der Waals surface area (Å²) >= 11 is 3.68. The highest BCUT2D eigenvalue weighted by molar-refractivity contribution is 7.99. The van der Waals surface area contributed by atoms with E-state index >= 15 is 0 Å². The van der Waals surface area contributed by atoms with Crippen molar-refractivity contribution in [1.82, 2.24) is 14.7 Å². The molecule has 1 unspecified atom stereocenters. The van der Waals surface area contributed by atoms with Crippen LogP contribution in [0.2, 0.25) is 0 Å². The maximum atomic E-state index is 4.62. The number of thioether (sulfide) groups is 1. The van der Waals surface area contributed by atoms with Crippen molar-refractivity contribution in [3.63, 3.8) is 0 Å². The maximum Gasteiger partial charge on any atom is 0.193 e. The van der Waals surface area contributed by atoms with Crippen molar-refractivity contribution in [2.45, 2.75) is 31.6 Å². The topological polar surface area (TPSA) is 29.3 Å². The molecule has 0 saturated heterocycles. The van der Waals surface area contributed by atoms with Crippen molar-refractivity contribution < 1.29 is 0 Å². The van der Waals surface area contributed by atoms with Crippen LogP contribution in [0.4, 0.5) is 0 Å². The van der Waals surface area contributed by atoms with Gasteiger partial charge in [-0.15, -0.1) is 11.3 Å². The number of rotatable bonds is 6. The SMILES string of the molecule is CNC(CSC(C)C)Cc1cn2ccsc2n1. The number of hydrogen-bond acceptors (Lipinski definition) is 4. The van der Waals surface area contributed by atoms with Crippen LogP contribution in [0.15, 0.2) is 17.8 Å². The van der Waals surface area contributed by atoms with Gasteiger partial charge in [-0.2, -0.15) is 11.8 Å². The molecule has 0 fully saturated rings. The van der Waals surface area contributed by atoms with Gasteiger partial charge in [0.15, 0.2) is 4.96 Å². The Labute approximate surface area is 111 Å². The van der Waals surface area contributed by atoms with Crippen LogP contribution in [0.5, 0.6) is 0 Å². The second-order valence-electron chi connectivity index (χ2n) is 4.40. The first-order chi connectivity index (χ1) is 8.19. The van der Waals surface area contributed by atoms with Gasteiger partial charge in [0.1, 0.15) is 0 Å². The Morgan fingerprint density at radius 1 is 1.53 bits per heavy atom. The van der Waals surface area contributed by atoms with Gasteiger partial charge >= 0.3 is 0 Å². The predicted molar refractivity (Wildman–Crippen MR) is 77.2 cm³/mol. The molecule has 2 aromatic rings. The van der Waals surface area contributed by atoms with Gasteiger partial charge in [-0.25, -0.2) is 4.98 Å². The molecule has 2 heterocycles. The number of fused-ring (bicyclic) bond motifs is 1. The van der Waals surface area contributed by atoms with Crippen molar-refractivity contribution >= 4 is 28.1 Å². The van der Waals surface area contributed by atoms with Gasteiger partial charge in [-0.1, -0.05) is 13.8 Å². The van der Waals surface area contributed by atoms with E-state index in [0.29, 0.717) is 11.3 Å². The van der Waals surface area contributed by atoms with Crippen molar-refractivity contribution in [1.29, 1.82) is 0 Å². The van der Waals surface area contributed by atoms with Crippen LogP contribution in [0.25, 0.3) is 4.96 Å². The van der Waals surface area contributed by atoms with Gasteiger partial charge < -0.3 is 5.32 Å². The Morgan fingerprint density at radius 3 is 3.00 bits per heavy atom. The van der Waals surface area contributed by atoms with E-state index in [4.69, 9.17) is 0 Å². The van der Waals surface area contributed by atoms with Crippen molar-refractivity contribution in [2.24, 2.45) is 0 Å². The average Bonchev–Trinajstić information content (AvgIpc) is 2.83. The van der Waals surface area contributed by atoms with Gasteiger partial charge in [-0.3, -0.25) is 4.40 Å². The molecular formula is C12H19N3S2. The molecule has 2 rings (SSSR count). The molecule has 94 valence electrons. The molecule has 0 aliphatic carbocycles. The average molecular weight is 269 g/mol. The first-order valence-corrected chi connectivity index (χ1v) is 7.82. The van der Waals surface area contributed by atoms with E-state index in [1.807, 2.05) is 18.8 Å². The number of imidazole rings is 1. The molecule has 0 radical (unpaired) electrons. The van der Waals surface area contributed by atoms with E-state index in [2.05, 4.69) is 46.3 Å². The molecule has 1 atom stereocenters. The molecule has 0 amide bonds. The molecule has 0 aliphatic rings. The quantitative estimate of drug-likeness (QED) is 0.874. The summed E-state index contributed by atoms with van der Waals surface area (Å²) in [6.07, 6.45) is 5.20. The summed E-state index contributed by atoms with van der Waals surface area (Å²) < 4.78 is 2.10. The van der Waals surface area contributed by atoms with Crippen molar-refractivity contribution in [3.05, 3.63) is 23.5 Å². The van der Waals surface area contributed by atoms with Crippen LogP contribution in [-0.2, 0) is 6.42 Å². The molecule has 17 heavy (non-hydrogen) atoms. The van der Waals surface area contributed by atoms with Crippen LogP contribution in [0.1, 0.15) is 19.5 Å². The number of nitrogens with zero attached hydrogens (tertiary/aromatic N) is 2. The summed E-state index contributed by atoms with van der Waals surface area (Å²) in [5.41, 5.74) is 1.18. The van der Waals surface area contributed by atoms with Gasteiger partial charge in [0.05, 0.1) is 5.69 Å². The molecule has 1 N–H and O–H groups in total. The highest BCUT2D eigenvalue weighted by atomic mass is 32.2. The lowest BCUT2D eigenvalue weighted by molar-refractivity contribution is 0.610. The molecule has 5 heteroatoms. The van der Waals surface area contributed by atoms with Crippen LogP contribution in [0.3, 0.4) is 0 Å². The normalized spacial score (nSPS) is 13.6. The van der Waals surface area contributed by atoms with Crippen LogP contribution in [0, 0.1) is 0 Å². The highest BCUT2D eigenvalue weighted by Gasteiger charge is 2.11. The zero-order valence-corrected chi connectivity index (χ0v) is 12.1. The lowest BCUT2D eigenvalue weighted by atomic mass is 10.2. The van der Waals surface area contributed by atoms with Crippen molar-refractivity contribution in [3.8, 4) is 0 Å². The molecule has 0 saturated carbocycles. The summed E-state index contributed by atoms with van der Waals surface area (Å²) in [5, 5.41) is 6.13. The zero-order valence-electron chi connectivity index (χ0n) is 10.5. The fourth-order valence-electron chi connectivity index (χ4n) is 1.68. The lowest BCUT2D eigenvalue weighted by Gasteiger charge is -2.15. The molecule has 3 nitrogen and oxygen atoms in total. The predicted octanol–water partition coefficient (Wildman–Crippen LogP) is 2.67. The summed E-state index contributed by atoms with van der Waals surface area (Å²) in [7, 11) is 2.03. The Kier molecular flexibility index (Phi) is 4.48. The number of aromatic nitrogens is 2. The third kappa shape index (κ3) is 3.47. The first-order valence-electron chi connectivity index (χ1n) is 5.89. The number of nitrogens with one attached hydrogen (secondary N) is 1. The van der Waals surface area contributed by atoms with E-state index in [-0.39, 0.29) is 0 Å². The summed E-state index contributed by atoms with van der Waals surface area (Å²) in [6.45, 7) is 4.48. The van der Waals surface area contributed by atoms with Gasteiger partial charge in [-0.05, 0) is 12.3 Å². The minimum atomic E-state index is 0.506. The minimum Gasteiger partial charge on any atom is -0.316 e. The fraction of sp³-hybridized carbons (Fsp3) is 0.583. The second-order valence-corrected chi connectivity index (χ2v) is 6.88. The van der Waals surface area contributed by atoms with Crippen LogP contribution in [-0.4, -0.2) is 33.5 Å². The zero-order chi connectivity index (χ0) is 12.3. The summed E-state index contributed by atoms with van der Waals surface area (Å²) in [5.74, 6) is 1.14. The third-order valence-corrected chi connectivity index (χ3v) is 4.67. The van der Waals surface area contributed by atoms with E-state index in [1.165, 1.54) is 5.69 Å². The Morgan fingerprint density at radius 2 is 2.35 bits per heavy atom. The Bertz CT molecular complexity index is 432. The molecule has 0 aliphatic heterocycles. The summed E-state index contributed by atoms with van der Waals surface area (Å²) in [4.78, 5) is 5.71. The van der Waals surface area contributed by atoms with E-state index in [9.17, 15) is 0 Å². The molecule has 0 aromatic carbocycles. The maximum absolute atomic E-state index is 4.62. The van der Waals surface area contributed by atoms with Crippen LogP contribution < -0.4 is 5.32 Å². The monoisotopic (exact) mass is 269 g/mol. The van der Waals surface area contributed by atoms with Gasteiger partial charge in [0.25, 0.3) is 0 Å². The minimum absolute atomic E-state index is 0.506. The Balaban J connectivity index is 1.95. The molecule has 0 spiro atoms. The van der Waals surface area contributed by atoms with E-state index in [0.717, 1.165) is 17.1 Å². The van der Waals surface area contributed by atoms with Gasteiger partial charge in [0.2, 0.25) is 0 Å². The number of likely N-dealkylation sites (N-methyl/N-ethyl adjacent to an activating group) is 1. The second kappa shape index (κ2) is 5.89. The molecule has 2 aromatic heterocycles. The molecular weight excluding hydrogens is 250 g/mol. The third-order valence-electron chi connectivity index (χ3n) is 2.64. The smallest absolute Gasteiger partial charge is 0.193 e. The fourth-order valence-corrected chi connectivity index (χ4v) is 3.30. The van der Waals surface area contributed by atoms with Crippen molar-refractivity contribution in [2.75, 3.05) is 12.8 Å². The van der Waals surface area contributed by atoms with Gasteiger partial charge in [0, 0.05) is 36.0 Å².